The zero-order valence-corrected chi connectivity index (χ0v) is 21.8. The highest BCUT2D eigenvalue weighted by atomic mass is 19.1. The van der Waals surface area contributed by atoms with E-state index < -0.39 is 12.1 Å². The maximum atomic E-state index is 13.6. The van der Waals surface area contributed by atoms with Crippen LogP contribution in [0.3, 0.4) is 0 Å². The van der Waals surface area contributed by atoms with E-state index >= 15 is 0 Å². The van der Waals surface area contributed by atoms with Crippen molar-refractivity contribution >= 4 is 29.0 Å². The van der Waals surface area contributed by atoms with Gasteiger partial charge in [-0.05, 0) is 48.2 Å². The number of benzene rings is 1. The number of nitrogens with zero attached hydrogens (tertiary/aromatic N) is 3. The fourth-order valence-corrected chi connectivity index (χ4v) is 4.49. The van der Waals surface area contributed by atoms with Gasteiger partial charge in [-0.15, -0.1) is 0 Å². The molecule has 194 valence electrons. The summed E-state index contributed by atoms with van der Waals surface area (Å²) in [5.74, 6) is 0.510. The van der Waals surface area contributed by atoms with E-state index in [-0.39, 0.29) is 17.4 Å². The first-order valence-corrected chi connectivity index (χ1v) is 12.7. The summed E-state index contributed by atoms with van der Waals surface area (Å²) in [6.45, 7) is 9.28. The Hall–Kier alpha value is -3.59. The molecule has 2 aliphatic rings. The third-order valence-electron chi connectivity index (χ3n) is 6.97. The number of carbonyl (C=O) groups excluding carboxylic acids is 1. The van der Waals surface area contributed by atoms with Gasteiger partial charge < -0.3 is 21.3 Å². The predicted octanol–water partition coefficient (Wildman–Crippen LogP) is 4.88. The van der Waals surface area contributed by atoms with Crippen LogP contribution in [0.2, 0.25) is 0 Å². The van der Waals surface area contributed by atoms with Crippen molar-refractivity contribution in [1.29, 1.82) is 0 Å². The number of alkyl halides is 1. The van der Waals surface area contributed by atoms with Gasteiger partial charge in [-0.3, -0.25) is 14.2 Å². The molecule has 37 heavy (non-hydrogen) atoms. The van der Waals surface area contributed by atoms with Crippen molar-refractivity contribution in [2.24, 2.45) is 0 Å². The van der Waals surface area contributed by atoms with Gasteiger partial charge >= 0.3 is 0 Å². The van der Waals surface area contributed by atoms with Crippen LogP contribution >= 0.6 is 0 Å². The fraction of sp³-hybridized carbons (Fsp3) is 0.429. The lowest BCUT2D eigenvalue weighted by atomic mass is 9.79. The molecule has 1 saturated carbocycles. The Balaban J connectivity index is 1.44. The lowest BCUT2D eigenvalue weighted by Crippen LogP contribution is -2.38. The van der Waals surface area contributed by atoms with Crippen molar-refractivity contribution in [1.82, 2.24) is 25.6 Å². The van der Waals surface area contributed by atoms with Crippen LogP contribution in [0.5, 0.6) is 0 Å². The Morgan fingerprint density at radius 2 is 1.92 bits per heavy atom. The van der Waals surface area contributed by atoms with Gasteiger partial charge in [0.25, 0.3) is 5.91 Å². The van der Waals surface area contributed by atoms with Gasteiger partial charge in [-0.1, -0.05) is 33.8 Å². The number of halogens is 1. The molecule has 3 aromatic rings. The quantitative estimate of drug-likeness (QED) is 0.347. The molecule has 4 N–H and O–H groups in total. The number of aromatic nitrogens is 3. The highest BCUT2D eigenvalue weighted by molar-refractivity contribution is 5.99. The smallest absolute Gasteiger partial charge is 0.256 e. The van der Waals surface area contributed by atoms with Crippen LogP contribution in [0, 0.1) is 0 Å². The number of rotatable bonds is 8. The van der Waals surface area contributed by atoms with E-state index in [2.05, 4.69) is 62.2 Å². The van der Waals surface area contributed by atoms with E-state index in [0.29, 0.717) is 28.7 Å². The van der Waals surface area contributed by atoms with Gasteiger partial charge in [-0.25, -0.2) is 4.98 Å². The molecule has 1 fully saturated rings. The van der Waals surface area contributed by atoms with Gasteiger partial charge in [0.2, 0.25) is 5.95 Å². The van der Waals surface area contributed by atoms with Crippen LogP contribution in [0.15, 0.2) is 42.7 Å². The van der Waals surface area contributed by atoms with Crippen molar-refractivity contribution < 1.29 is 9.18 Å². The van der Waals surface area contributed by atoms with Crippen LogP contribution < -0.4 is 21.3 Å². The number of hydrogen-bond donors (Lipinski definition) is 4. The largest absolute Gasteiger partial charge is 0.349 e. The van der Waals surface area contributed by atoms with Crippen molar-refractivity contribution in [3.05, 3.63) is 65.1 Å². The molecule has 8 nitrogen and oxygen atoms in total. The summed E-state index contributed by atoms with van der Waals surface area (Å²) < 4.78 is 13.6. The Kier molecular flexibility index (Phi) is 6.58. The maximum absolute atomic E-state index is 13.6. The number of pyridine rings is 1. The summed E-state index contributed by atoms with van der Waals surface area (Å²) in [5.41, 5.74) is 4.40. The summed E-state index contributed by atoms with van der Waals surface area (Å²) in [5, 5.41) is 13.0. The molecular formula is C28H34FN7O. The first kappa shape index (κ1) is 25.1. The molecule has 0 spiro atoms. The SMILES string of the molecule is CC(C)(CF)c1cc(Nc2nc(Nc3ccc4c(c3)CNCC4(C)C)ncc2C(=O)NC2CC2)ccn1. The number of anilines is 4. The Labute approximate surface area is 216 Å². The third-order valence-corrected chi connectivity index (χ3v) is 6.97. The Morgan fingerprint density at radius 1 is 1.14 bits per heavy atom. The molecule has 1 aliphatic heterocycles. The molecule has 0 bridgehead atoms. The second-order valence-corrected chi connectivity index (χ2v) is 11.3. The van der Waals surface area contributed by atoms with Gasteiger partial charge in [0.05, 0.1) is 5.69 Å². The van der Waals surface area contributed by atoms with E-state index in [9.17, 15) is 9.18 Å². The number of amides is 1. The monoisotopic (exact) mass is 503 g/mol. The summed E-state index contributed by atoms with van der Waals surface area (Å²) in [6.07, 6.45) is 5.12. The average Bonchev–Trinajstić information content (AvgIpc) is 3.68. The first-order chi connectivity index (χ1) is 17.6. The second kappa shape index (κ2) is 9.70. The topological polar surface area (TPSA) is 104 Å². The van der Waals surface area contributed by atoms with Crippen molar-refractivity contribution in [2.75, 3.05) is 23.9 Å². The summed E-state index contributed by atoms with van der Waals surface area (Å²) in [6, 6.07) is 10.1. The minimum absolute atomic E-state index is 0.0659. The van der Waals surface area contributed by atoms with Crippen LogP contribution in [0.25, 0.3) is 0 Å². The molecule has 1 amide bonds. The highest BCUT2D eigenvalue weighted by Crippen LogP contribution is 2.32. The van der Waals surface area contributed by atoms with Crippen molar-refractivity contribution in [3.63, 3.8) is 0 Å². The van der Waals surface area contributed by atoms with Gasteiger partial charge in [0.15, 0.2) is 0 Å². The second-order valence-electron chi connectivity index (χ2n) is 11.3. The maximum Gasteiger partial charge on any atom is 0.256 e. The normalized spacial score (nSPS) is 16.6. The molecule has 1 aliphatic carbocycles. The fourth-order valence-electron chi connectivity index (χ4n) is 4.49. The van der Waals surface area contributed by atoms with Crippen molar-refractivity contribution in [3.8, 4) is 0 Å². The summed E-state index contributed by atoms with van der Waals surface area (Å²) in [7, 11) is 0. The summed E-state index contributed by atoms with van der Waals surface area (Å²) in [4.78, 5) is 26.4. The molecule has 2 aromatic heterocycles. The molecular weight excluding hydrogens is 469 g/mol. The average molecular weight is 504 g/mol. The summed E-state index contributed by atoms with van der Waals surface area (Å²) >= 11 is 0. The predicted molar refractivity (Wildman–Crippen MR) is 143 cm³/mol. The standard InChI is InChI=1S/C28H34FN7O/c1-27(2,15-29)23-12-20(9-10-31-23)33-24-21(25(37)34-18-5-6-18)14-32-26(36-24)35-19-7-8-22-17(11-19)13-30-16-28(22,3)4/h7-12,14,18,30H,5-6,13,15-16H2,1-4H3,(H,34,37)(H2,31,32,33,35,36). The molecule has 1 aromatic carbocycles. The van der Waals surface area contributed by atoms with E-state index in [1.165, 1.54) is 17.3 Å². The van der Waals surface area contributed by atoms with E-state index in [1.54, 1.807) is 32.2 Å². The first-order valence-electron chi connectivity index (χ1n) is 12.7. The third kappa shape index (κ3) is 5.56. The Morgan fingerprint density at radius 3 is 2.68 bits per heavy atom. The molecule has 5 rings (SSSR count). The van der Waals surface area contributed by atoms with Crippen LogP contribution in [-0.4, -0.2) is 40.1 Å². The lowest BCUT2D eigenvalue weighted by Gasteiger charge is -2.33. The number of hydrogen-bond acceptors (Lipinski definition) is 7. The number of nitrogens with one attached hydrogen (secondary N) is 4. The minimum Gasteiger partial charge on any atom is -0.349 e. The van der Waals surface area contributed by atoms with E-state index in [4.69, 9.17) is 0 Å². The van der Waals surface area contributed by atoms with Crippen LogP contribution in [0.1, 0.15) is 67.7 Å². The molecule has 0 saturated heterocycles. The van der Waals surface area contributed by atoms with E-state index in [1.807, 2.05) is 6.07 Å². The molecule has 0 unspecified atom stereocenters. The zero-order chi connectivity index (χ0) is 26.2. The lowest BCUT2D eigenvalue weighted by molar-refractivity contribution is 0.0951. The molecule has 3 heterocycles. The Bertz CT molecular complexity index is 1320. The molecule has 0 atom stereocenters. The van der Waals surface area contributed by atoms with Gasteiger partial charge in [-0.2, -0.15) is 4.98 Å². The van der Waals surface area contributed by atoms with Crippen molar-refractivity contribution in [2.45, 2.75) is 64.0 Å². The van der Waals surface area contributed by atoms with Crippen LogP contribution in [-0.2, 0) is 17.4 Å². The van der Waals surface area contributed by atoms with Gasteiger partial charge in [0.1, 0.15) is 18.1 Å². The minimum atomic E-state index is -0.724. The van der Waals surface area contributed by atoms with Gasteiger partial charge in [0, 0.05) is 53.7 Å². The molecule has 9 heteroatoms. The number of fused-ring (bicyclic) bond motifs is 1. The molecule has 0 radical (unpaired) electrons. The number of carbonyl (C=O) groups is 1. The zero-order valence-electron chi connectivity index (χ0n) is 21.8. The van der Waals surface area contributed by atoms with Crippen LogP contribution in [0.4, 0.5) is 27.5 Å². The van der Waals surface area contributed by atoms with E-state index in [0.717, 1.165) is 31.6 Å². The highest BCUT2D eigenvalue weighted by Gasteiger charge is 2.28.